The number of aliphatic hydroxyl groups excluding tert-OH is 1. The fraction of sp³-hybridized carbons (Fsp3) is 0.536. The van der Waals surface area contributed by atoms with Crippen molar-refractivity contribution in [3.63, 3.8) is 0 Å². The van der Waals surface area contributed by atoms with E-state index in [-0.39, 0.29) is 30.0 Å². The van der Waals surface area contributed by atoms with Crippen LogP contribution in [0.1, 0.15) is 71.1 Å². The molecule has 0 bridgehead atoms. The van der Waals surface area contributed by atoms with E-state index in [4.69, 9.17) is 14.2 Å². The summed E-state index contributed by atoms with van der Waals surface area (Å²) in [4.78, 5) is 11.6. The molecule has 1 atom stereocenters. The molecule has 2 rings (SSSR count). The third kappa shape index (κ3) is 6.76. The first-order valence-electron chi connectivity index (χ1n) is 12.0. The number of aliphatic hydroxyl groups is 1. The minimum atomic E-state index is -0.543. The highest BCUT2D eigenvalue weighted by Crippen LogP contribution is 2.42. The maximum atomic E-state index is 11.6. The number of halogens is 1. The Labute approximate surface area is 212 Å². The Morgan fingerprint density at radius 3 is 2.06 bits per heavy atom. The molecule has 0 amide bonds. The van der Waals surface area contributed by atoms with Gasteiger partial charge in [0.1, 0.15) is 18.1 Å². The lowest BCUT2D eigenvalue weighted by Gasteiger charge is -2.34. The van der Waals surface area contributed by atoms with Crippen LogP contribution in [0.15, 0.2) is 40.9 Å². The number of hydrogen-bond acceptors (Lipinski definition) is 5. The normalized spacial score (nSPS) is 12.9. The van der Waals surface area contributed by atoms with Crippen molar-refractivity contribution in [2.24, 2.45) is 5.41 Å². The van der Waals surface area contributed by atoms with Gasteiger partial charge in [-0.05, 0) is 82.9 Å². The van der Waals surface area contributed by atoms with Crippen LogP contribution in [0.2, 0.25) is 0 Å². The van der Waals surface area contributed by atoms with Gasteiger partial charge >= 0.3 is 5.97 Å². The maximum absolute atomic E-state index is 11.6. The molecule has 0 aliphatic rings. The van der Waals surface area contributed by atoms with Gasteiger partial charge in [-0.25, -0.2) is 4.79 Å². The van der Waals surface area contributed by atoms with E-state index in [1.807, 2.05) is 39.8 Å². The number of benzene rings is 2. The fourth-order valence-electron chi connectivity index (χ4n) is 4.02. The second-order valence-corrected chi connectivity index (χ2v) is 10.6. The molecule has 2 aromatic rings. The Hall–Kier alpha value is -2.05. The Morgan fingerprint density at radius 2 is 1.56 bits per heavy atom. The Kier molecular flexibility index (Phi) is 10.0. The fourth-order valence-corrected chi connectivity index (χ4v) is 4.51. The Morgan fingerprint density at radius 1 is 0.971 bits per heavy atom. The van der Waals surface area contributed by atoms with Gasteiger partial charge < -0.3 is 19.3 Å². The second kappa shape index (κ2) is 12.1. The van der Waals surface area contributed by atoms with Crippen molar-refractivity contribution in [3.8, 4) is 11.5 Å². The summed E-state index contributed by atoms with van der Waals surface area (Å²) in [6.07, 6.45) is 1.29. The van der Waals surface area contributed by atoms with Crippen molar-refractivity contribution in [2.45, 2.75) is 72.8 Å². The SMILES string of the molecule is CCOC(=O)COc1ccc(C(CC)(CC)c2ccc(OCC(O)C(C)(C)C)c(C)c2)cc1Br. The number of esters is 1. The summed E-state index contributed by atoms with van der Waals surface area (Å²) >= 11 is 3.61. The minimum absolute atomic E-state index is 0.122. The van der Waals surface area contributed by atoms with Crippen molar-refractivity contribution in [3.05, 3.63) is 57.6 Å². The van der Waals surface area contributed by atoms with Gasteiger partial charge in [-0.3, -0.25) is 0 Å². The van der Waals surface area contributed by atoms with Gasteiger partial charge in [0.25, 0.3) is 0 Å². The van der Waals surface area contributed by atoms with Crippen LogP contribution in [-0.4, -0.2) is 37.0 Å². The quantitative estimate of drug-likeness (QED) is 0.329. The van der Waals surface area contributed by atoms with Crippen LogP contribution in [0.3, 0.4) is 0 Å². The molecule has 0 aromatic heterocycles. The van der Waals surface area contributed by atoms with Crippen LogP contribution in [-0.2, 0) is 14.9 Å². The molecule has 1 unspecified atom stereocenters. The lowest BCUT2D eigenvalue weighted by molar-refractivity contribution is -0.145. The molecule has 1 N–H and O–H groups in total. The summed E-state index contributed by atoms with van der Waals surface area (Å²) < 4.78 is 17.3. The van der Waals surface area contributed by atoms with Gasteiger partial charge in [0.15, 0.2) is 6.61 Å². The van der Waals surface area contributed by atoms with Gasteiger partial charge in [-0.15, -0.1) is 0 Å². The monoisotopic (exact) mass is 534 g/mol. The number of aryl methyl sites for hydroxylation is 1. The molecular formula is C28H39BrO5. The highest BCUT2D eigenvalue weighted by molar-refractivity contribution is 9.10. The smallest absolute Gasteiger partial charge is 0.344 e. The molecule has 0 heterocycles. The molecule has 0 radical (unpaired) electrons. The molecule has 188 valence electrons. The molecule has 0 aliphatic heterocycles. The van der Waals surface area contributed by atoms with Crippen LogP contribution < -0.4 is 9.47 Å². The average Bonchev–Trinajstić information content (AvgIpc) is 2.78. The predicted octanol–water partition coefficient (Wildman–Crippen LogP) is 6.59. The second-order valence-electron chi connectivity index (χ2n) is 9.70. The predicted molar refractivity (Wildman–Crippen MR) is 140 cm³/mol. The number of rotatable bonds is 11. The maximum Gasteiger partial charge on any atom is 0.344 e. The highest BCUT2D eigenvalue weighted by atomic mass is 79.9. The van der Waals surface area contributed by atoms with Gasteiger partial charge in [0, 0.05) is 5.41 Å². The van der Waals surface area contributed by atoms with Gasteiger partial charge in [-0.1, -0.05) is 52.8 Å². The molecule has 0 fully saturated rings. The zero-order chi connectivity index (χ0) is 25.5. The van der Waals surface area contributed by atoms with Crippen LogP contribution in [0.25, 0.3) is 0 Å². The summed E-state index contributed by atoms with van der Waals surface area (Å²) in [6, 6.07) is 12.4. The van der Waals surface area contributed by atoms with Crippen molar-refractivity contribution in [1.82, 2.24) is 0 Å². The van der Waals surface area contributed by atoms with E-state index in [1.54, 1.807) is 6.92 Å². The van der Waals surface area contributed by atoms with E-state index < -0.39 is 6.10 Å². The number of hydrogen-bond donors (Lipinski definition) is 1. The topological polar surface area (TPSA) is 65.0 Å². The minimum Gasteiger partial charge on any atom is -0.491 e. The Balaban J connectivity index is 2.29. The molecule has 0 saturated heterocycles. The average molecular weight is 536 g/mol. The van der Waals surface area contributed by atoms with Crippen LogP contribution in [0.4, 0.5) is 0 Å². The summed E-state index contributed by atoms with van der Waals surface area (Å²) in [6.45, 7) is 14.7. The standard InChI is InChI=1S/C28H39BrO5/c1-8-28(9-2,21-12-14-24(22(29)16-21)34-18-26(31)32-10-3)20-11-13-23(19(4)15-20)33-17-25(30)27(5,6)7/h11-16,25,30H,8-10,17-18H2,1-7H3. The summed E-state index contributed by atoms with van der Waals surface area (Å²) in [5, 5.41) is 10.3. The highest BCUT2D eigenvalue weighted by Gasteiger charge is 2.32. The first-order chi connectivity index (χ1) is 16.0. The van der Waals surface area contributed by atoms with Crippen molar-refractivity contribution >= 4 is 21.9 Å². The number of carbonyl (C=O) groups is 1. The molecule has 2 aromatic carbocycles. The van der Waals surface area contributed by atoms with E-state index >= 15 is 0 Å². The van der Waals surface area contributed by atoms with E-state index in [9.17, 15) is 9.90 Å². The summed E-state index contributed by atoms with van der Waals surface area (Å²) in [5.41, 5.74) is 3.01. The zero-order valence-corrected chi connectivity index (χ0v) is 23.1. The van der Waals surface area contributed by atoms with Gasteiger partial charge in [0.05, 0.1) is 17.2 Å². The van der Waals surface area contributed by atoms with Crippen molar-refractivity contribution in [2.75, 3.05) is 19.8 Å². The van der Waals surface area contributed by atoms with Crippen LogP contribution in [0, 0.1) is 12.3 Å². The largest absolute Gasteiger partial charge is 0.491 e. The molecule has 34 heavy (non-hydrogen) atoms. The lowest BCUT2D eigenvalue weighted by atomic mass is 9.70. The molecule has 5 nitrogen and oxygen atoms in total. The van der Waals surface area contributed by atoms with Crippen molar-refractivity contribution in [1.29, 1.82) is 0 Å². The first kappa shape index (κ1) is 28.2. The summed E-state index contributed by atoms with van der Waals surface area (Å²) in [7, 11) is 0. The molecular weight excluding hydrogens is 496 g/mol. The number of carbonyl (C=O) groups excluding carboxylic acids is 1. The molecule has 0 aliphatic carbocycles. The Bertz CT molecular complexity index is 960. The van der Waals surface area contributed by atoms with Crippen LogP contribution in [0.5, 0.6) is 11.5 Å². The zero-order valence-electron chi connectivity index (χ0n) is 21.5. The van der Waals surface area contributed by atoms with E-state index in [2.05, 4.69) is 54.0 Å². The lowest BCUT2D eigenvalue weighted by Crippen LogP contribution is -2.32. The van der Waals surface area contributed by atoms with E-state index in [0.717, 1.165) is 28.6 Å². The van der Waals surface area contributed by atoms with Crippen molar-refractivity contribution < 1.29 is 24.1 Å². The van der Waals surface area contributed by atoms with Gasteiger partial charge in [0.2, 0.25) is 0 Å². The molecule has 0 saturated carbocycles. The summed E-state index contributed by atoms with van der Waals surface area (Å²) in [5.74, 6) is 1.01. The van der Waals surface area contributed by atoms with E-state index in [0.29, 0.717) is 12.4 Å². The molecule has 0 spiro atoms. The molecule has 6 heteroatoms. The third-order valence-electron chi connectivity index (χ3n) is 6.47. The van der Waals surface area contributed by atoms with E-state index in [1.165, 1.54) is 11.1 Å². The first-order valence-corrected chi connectivity index (χ1v) is 12.8. The number of ether oxygens (including phenoxy) is 3. The van der Waals surface area contributed by atoms with Crippen LogP contribution >= 0.6 is 15.9 Å². The van der Waals surface area contributed by atoms with Gasteiger partial charge in [-0.2, -0.15) is 0 Å². The third-order valence-corrected chi connectivity index (χ3v) is 7.09.